The van der Waals surface area contributed by atoms with Crippen molar-refractivity contribution >= 4 is 27.1 Å². The fourth-order valence-electron chi connectivity index (χ4n) is 1.69. The molecule has 102 valence electrons. The Morgan fingerprint density at radius 3 is 2.50 bits per heavy atom. The van der Waals surface area contributed by atoms with Crippen LogP contribution < -0.4 is 4.90 Å². The highest BCUT2D eigenvalue weighted by molar-refractivity contribution is 7.90. The van der Waals surface area contributed by atoms with Gasteiger partial charge in [-0.1, -0.05) is 12.1 Å². The molecule has 0 heterocycles. The molecule has 0 radical (unpaired) electrons. The van der Waals surface area contributed by atoms with E-state index >= 15 is 0 Å². The lowest BCUT2D eigenvalue weighted by Crippen LogP contribution is -2.30. The van der Waals surface area contributed by atoms with E-state index in [9.17, 15) is 8.42 Å². The van der Waals surface area contributed by atoms with Crippen molar-refractivity contribution < 1.29 is 13.2 Å². The lowest BCUT2D eigenvalue weighted by molar-refractivity contribution is 0.205. The van der Waals surface area contributed by atoms with Gasteiger partial charge in [0.2, 0.25) is 0 Å². The molecule has 0 bridgehead atoms. The molecule has 0 saturated heterocycles. The van der Waals surface area contributed by atoms with Gasteiger partial charge in [-0.25, -0.2) is 8.42 Å². The maximum absolute atomic E-state index is 11.7. The zero-order valence-corrected chi connectivity index (χ0v) is 12.2. The lowest BCUT2D eigenvalue weighted by atomic mass is 10.3. The molecule has 0 aliphatic carbocycles. The van der Waals surface area contributed by atoms with Crippen LogP contribution in [0.2, 0.25) is 0 Å². The van der Waals surface area contributed by atoms with E-state index in [0.29, 0.717) is 36.2 Å². The van der Waals surface area contributed by atoms with Gasteiger partial charge in [0.05, 0.1) is 17.2 Å². The summed E-state index contributed by atoms with van der Waals surface area (Å²) < 4.78 is 28.5. The molecule has 0 aliphatic heterocycles. The minimum Gasteiger partial charge on any atom is -0.383 e. The van der Waals surface area contributed by atoms with E-state index < -0.39 is 9.84 Å². The number of nitrogens with zero attached hydrogens (tertiary/aromatic N) is 1. The summed E-state index contributed by atoms with van der Waals surface area (Å²) in [6.07, 6.45) is 1.21. The minimum atomic E-state index is -3.25. The van der Waals surface area contributed by atoms with E-state index in [2.05, 4.69) is 0 Å². The Labute approximate surface area is 113 Å². The van der Waals surface area contributed by atoms with Crippen LogP contribution in [0.25, 0.3) is 0 Å². The SMILES string of the molecule is COCCN(CCCl)c1ccccc1S(C)(=O)=O. The molecule has 6 heteroatoms. The summed E-state index contributed by atoms with van der Waals surface area (Å²) in [6.45, 7) is 1.71. The maximum Gasteiger partial charge on any atom is 0.177 e. The van der Waals surface area contributed by atoms with Gasteiger partial charge in [0.1, 0.15) is 0 Å². The summed E-state index contributed by atoms with van der Waals surface area (Å²) >= 11 is 5.76. The molecule has 1 aromatic rings. The number of anilines is 1. The molecule has 4 nitrogen and oxygen atoms in total. The van der Waals surface area contributed by atoms with E-state index in [-0.39, 0.29) is 0 Å². The summed E-state index contributed by atoms with van der Waals surface area (Å²) in [4.78, 5) is 2.25. The van der Waals surface area contributed by atoms with Crippen molar-refractivity contribution in [3.63, 3.8) is 0 Å². The third kappa shape index (κ3) is 4.15. The van der Waals surface area contributed by atoms with E-state index in [1.807, 2.05) is 11.0 Å². The largest absolute Gasteiger partial charge is 0.383 e. The number of hydrogen-bond acceptors (Lipinski definition) is 4. The van der Waals surface area contributed by atoms with Crippen molar-refractivity contribution in [3.05, 3.63) is 24.3 Å². The summed E-state index contributed by atoms with van der Waals surface area (Å²) in [6, 6.07) is 6.93. The zero-order valence-electron chi connectivity index (χ0n) is 10.6. The third-order valence-corrected chi connectivity index (χ3v) is 3.84. The fourth-order valence-corrected chi connectivity index (χ4v) is 2.80. The second-order valence-electron chi connectivity index (χ2n) is 3.91. The van der Waals surface area contributed by atoms with Crippen LogP contribution >= 0.6 is 11.6 Å². The Morgan fingerprint density at radius 2 is 1.94 bits per heavy atom. The van der Waals surface area contributed by atoms with Gasteiger partial charge in [0.25, 0.3) is 0 Å². The van der Waals surface area contributed by atoms with E-state index in [0.717, 1.165) is 0 Å². The Morgan fingerprint density at radius 1 is 1.28 bits per heavy atom. The highest BCUT2D eigenvalue weighted by atomic mass is 35.5. The van der Waals surface area contributed by atoms with Crippen molar-refractivity contribution in [1.29, 1.82) is 0 Å². The van der Waals surface area contributed by atoms with Crippen LogP contribution in [0.15, 0.2) is 29.2 Å². The van der Waals surface area contributed by atoms with Gasteiger partial charge in [-0.3, -0.25) is 0 Å². The first-order chi connectivity index (χ1) is 8.50. The molecule has 0 N–H and O–H groups in total. The summed E-state index contributed by atoms with van der Waals surface area (Å²) in [5.41, 5.74) is 0.678. The second-order valence-corrected chi connectivity index (χ2v) is 6.27. The first-order valence-corrected chi connectivity index (χ1v) is 8.02. The van der Waals surface area contributed by atoms with Crippen molar-refractivity contribution in [2.45, 2.75) is 4.90 Å². The summed E-state index contributed by atoms with van der Waals surface area (Å²) in [5, 5.41) is 0. The molecule has 0 saturated carbocycles. The Kier molecular flexibility index (Phi) is 5.91. The standard InChI is InChI=1S/C12H18ClNO3S/c1-17-10-9-14(8-7-13)11-5-3-4-6-12(11)18(2,15)16/h3-6H,7-10H2,1-2H3. The van der Waals surface area contributed by atoms with Gasteiger partial charge >= 0.3 is 0 Å². The van der Waals surface area contributed by atoms with Crippen LogP contribution in [0.4, 0.5) is 5.69 Å². The quantitative estimate of drug-likeness (QED) is 0.719. The monoisotopic (exact) mass is 291 g/mol. The number of benzene rings is 1. The van der Waals surface area contributed by atoms with Crippen LogP contribution in [0.3, 0.4) is 0 Å². The predicted molar refractivity (Wildman–Crippen MR) is 74.4 cm³/mol. The van der Waals surface area contributed by atoms with Crippen LogP contribution in [-0.4, -0.2) is 47.4 Å². The van der Waals surface area contributed by atoms with Gasteiger partial charge in [-0.15, -0.1) is 11.6 Å². The smallest absolute Gasteiger partial charge is 0.177 e. The van der Waals surface area contributed by atoms with Crippen molar-refractivity contribution in [3.8, 4) is 0 Å². The average Bonchev–Trinajstić information content (AvgIpc) is 2.33. The number of methoxy groups -OCH3 is 1. The Bertz CT molecular complexity index is 476. The second kappa shape index (κ2) is 6.97. The number of alkyl halides is 1. The molecular weight excluding hydrogens is 274 g/mol. The van der Waals surface area contributed by atoms with Gasteiger partial charge in [-0.05, 0) is 12.1 Å². The predicted octanol–water partition coefficient (Wildman–Crippen LogP) is 1.78. The first kappa shape index (κ1) is 15.3. The van der Waals surface area contributed by atoms with Crippen LogP contribution in [0.5, 0.6) is 0 Å². The number of ether oxygens (including phenoxy) is 1. The van der Waals surface area contributed by atoms with E-state index in [1.54, 1.807) is 25.3 Å². The average molecular weight is 292 g/mol. The molecule has 0 atom stereocenters. The topological polar surface area (TPSA) is 46.6 Å². The summed E-state index contributed by atoms with van der Waals surface area (Å²) in [5.74, 6) is 0.432. The molecule has 0 unspecified atom stereocenters. The lowest BCUT2D eigenvalue weighted by Gasteiger charge is -2.25. The fraction of sp³-hybridized carbons (Fsp3) is 0.500. The number of sulfone groups is 1. The van der Waals surface area contributed by atoms with Crippen molar-refractivity contribution in [2.24, 2.45) is 0 Å². The number of halogens is 1. The van der Waals surface area contributed by atoms with Crippen LogP contribution in [0, 0.1) is 0 Å². The molecule has 0 fully saturated rings. The third-order valence-electron chi connectivity index (χ3n) is 2.53. The van der Waals surface area contributed by atoms with Gasteiger partial charge in [-0.2, -0.15) is 0 Å². The number of rotatable bonds is 7. The van der Waals surface area contributed by atoms with E-state index in [4.69, 9.17) is 16.3 Å². The summed E-state index contributed by atoms with van der Waals surface area (Å²) in [7, 11) is -1.63. The number of para-hydroxylation sites is 1. The normalized spacial score (nSPS) is 11.5. The Balaban J connectivity index is 3.11. The molecule has 18 heavy (non-hydrogen) atoms. The van der Waals surface area contributed by atoms with Crippen molar-refractivity contribution in [1.82, 2.24) is 0 Å². The molecule has 0 aliphatic rings. The molecule has 1 aromatic carbocycles. The van der Waals surface area contributed by atoms with Gasteiger partial charge < -0.3 is 9.64 Å². The van der Waals surface area contributed by atoms with Crippen LogP contribution in [-0.2, 0) is 14.6 Å². The van der Waals surface area contributed by atoms with E-state index in [1.165, 1.54) is 6.26 Å². The van der Waals surface area contributed by atoms with Gasteiger partial charge in [0, 0.05) is 32.3 Å². The minimum absolute atomic E-state index is 0.325. The highest BCUT2D eigenvalue weighted by Gasteiger charge is 2.17. The molecular formula is C12H18ClNO3S. The molecule has 0 spiro atoms. The molecule has 1 rings (SSSR count). The number of hydrogen-bond donors (Lipinski definition) is 0. The highest BCUT2D eigenvalue weighted by Crippen LogP contribution is 2.24. The zero-order chi connectivity index (χ0) is 13.6. The molecule has 0 aromatic heterocycles. The van der Waals surface area contributed by atoms with Crippen LogP contribution in [0.1, 0.15) is 0 Å². The van der Waals surface area contributed by atoms with Crippen molar-refractivity contribution in [2.75, 3.05) is 43.8 Å². The molecule has 0 amide bonds. The maximum atomic E-state index is 11.7. The first-order valence-electron chi connectivity index (χ1n) is 5.59. The van der Waals surface area contributed by atoms with Gasteiger partial charge in [0.15, 0.2) is 9.84 Å². The Hall–Kier alpha value is -0.780.